The third kappa shape index (κ3) is 4.22. The van der Waals surface area contributed by atoms with Crippen molar-refractivity contribution in [1.29, 1.82) is 0 Å². The minimum atomic E-state index is -0.729. The summed E-state index contributed by atoms with van der Waals surface area (Å²) in [5.74, 6) is -1.43. The number of hydrogen-bond acceptors (Lipinski definition) is 6. The fraction of sp³-hybridized carbons (Fsp3) is 0.381. The number of rotatable bonds is 7. The number of aryl methyl sites for hydroxylation is 2. The first-order valence-corrected chi connectivity index (χ1v) is 10.5. The van der Waals surface area contributed by atoms with Crippen LogP contribution in [0.4, 0.5) is 0 Å². The quantitative estimate of drug-likeness (QED) is 0.669. The largest absolute Gasteiger partial charge is 0.503 e. The Hall–Kier alpha value is -2.22. The first kappa shape index (κ1) is 21.5. The molecule has 154 valence electrons. The summed E-state index contributed by atoms with van der Waals surface area (Å²) in [5, 5.41) is 11.9. The number of ketones is 1. The van der Waals surface area contributed by atoms with Crippen LogP contribution in [-0.4, -0.2) is 58.8 Å². The summed E-state index contributed by atoms with van der Waals surface area (Å²) >= 11 is 7.69. The standard InChI is InChI=1S/C21H24ClN3O3S/c1-12-20(29-13(2)23-12)18(26)16-17(14-8-5-6-9-15(14)22)25(21(28)19(16)27)11-7-10-24(3)4/h5-6,8-9,17,27H,7,10-11H2,1-4H3. The normalized spacial score (nSPS) is 17.0. The monoisotopic (exact) mass is 433 g/mol. The van der Waals surface area contributed by atoms with Crippen molar-refractivity contribution < 1.29 is 14.7 Å². The van der Waals surface area contributed by atoms with Gasteiger partial charge in [-0.1, -0.05) is 29.8 Å². The highest BCUT2D eigenvalue weighted by atomic mass is 35.5. The molecule has 0 bridgehead atoms. The molecular weight excluding hydrogens is 410 g/mol. The Bertz CT molecular complexity index is 983. The molecule has 1 N–H and O–H groups in total. The Labute approximate surface area is 179 Å². The van der Waals surface area contributed by atoms with Crippen molar-refractivity contribution in [3.63, 3.8) is 0 Å². The zero-order chi connectivity index (χ0) is 21.3. The average Bonchev–Trinajstić information content (AvgIpc) is 3.12. The summed E-state index contributed by atoms with van der Waals surface area (Å²) in [5.41, 5.74) is 1.28. The van der Waals surface area contributed by atoms with Crippen molar-refractivity contribution >= 4 is 34.6 Å². The van der Waals surface area contributed by atoms with Gasteiger partial charge < -0.3 is 14.9 Å². The van der Waals surface area contributed by atoms with Gasteiger partial charge in [-0.15, -0.1) is 11.3 Å². The number of aliphatic hydroxyl groups excluding tert-OH is 1. The van der Waals surface area contributed by atoms with E-state index >= 15 is 0 Å². The number of halogens is 1. The fourth-order valence-corrected chi connectivity index (χ4v) is 4.67. The van der Waals surface area contributed by atoms with Crippen LogP contribution in [0.2, 0.25) is 5.02 Å². The lowest BCUT2D eigenvalue weighted by Gasteiger charge is -2.28. The molecule has 1 aliphatic heterocycles. The van der Waals surface area contributed by atoms with Gasteiger partial charge in [0.15, 0.2) is 5.76 Å². The predicted molar refractivity (Wildman–Crippen MR) is 115 cm³/mol. The third-order valence-electron chi connectivity index (χ3n) is 4.86. The SMILES string of the molecule is Cc1nc(C)c(C(=O)C2=C(O)C(=O)N(CCCN(C)C)C2c2ccccc2Cl)s1. The Kier molecular flexibility index (Phi) is 6.41. The molecule has 2 heterocycles. The van der Waals surface area contributed by atoms with Crippen LogP contribution in [0, 0.1) is 13.8 Å². The first-order chi connectivity index (χ1) is 13.7. The Morgan fingerprint density at radius 1 is 1.31 bits per heavy atom. The molecule has 29 heavy (non-hydrogen) atoms. The highest BCUT2D eigenvalue weighted by molar-refractivity contribution is 7.14. The molecular formula is C21H24ClN3O3S. The molecule has 0 saturated heterocycles. The van der Waals surface area contributed by atoms with Crippen LogP contribution in [0.15, 0.2) is 35.6 Å². The van der Waals surface area contributed by atoms with Crippen molar-refractivity contribution in [3.05, 3.63) is 61.8 Å². The zero-order valence-electron chi connectivity index (χ0n) is 16.9. The number of amides is 1. The Morgan fingerprint density at radius 2 is 2.00 bits per heavy atom. The van der Waals surface area contributed by atoms with Gasteiger partial charge in [0, 0.05) is 11.6 Å². The summed E-state index contributed by atoms with van der Waals surface area (Å²) in [6.07, 6.45) is 0.702. The van der Waals surface area contributed by atoms with Gasteiger partial charge in [0.1, 0.15) is 0 Å². The summed E-state index contributed by atoms with van der Waals surface area (Å²) in [6, 6.07) is 6.38. The molecule has 6 nitrogen and oxygen atoms in total. The summed E-state index contributed by atoms with van der Waals surface area (Å²) in [4.78, 5) is 34.6. The van der Waals surface area contributed by atoms with Gasteiger partial charge in [-0.3, -0.25) is 9.59 Å². The van der Waals surface area contributed by atoms with E-state index in [0.717, 1.165) is 11.6 Å². The number of aromatic nitrogens is 1. The molecule has 1 atom stereocenters. The number of aliphatic hydroxyl groups is 1. The average molecular weight is 434 g/mol. The fourth-order valence-electron chi connectivity index (χ4n) is 3.56. The van der Waals surface area contributed by atoms with Crippen molar-refractivity contribution in [1.82, 2.24) is 14.8 Å². The lowest BCUT2D eigenvalue weighted by Crippen LogP contribution is -2.33. The van der Waals surface area contributed by atoms with Crippen LogP contribution in [-0.2, 0) is 4.79 Å². The van der Waals surface area contributed by atoms with E-state index in [4.69, 9.17) is 11.6 Å². The minimum absolute atomic E-state index is 0.0692. The van der Waals surface area contributed by atoms with Crippen molar-refractivity contribution in [2.75, 3.05) is 27.2 Å². The lowest BCUT2D eigenvalue weighted by molar-refractivity contribution is -0.129. The van der Waals surface area contributed by atoms with Crippen molar-refractivity contribution in [2.45, 2.75) is 26.3 Å². The van der Waals surface area contributed by atoms with E-state index in [1.807, 2.05) is 32.0 Å². The Morgan fingerprint density at radius 3 is 2.59 bits per heavy atom. The van der Waals surface area contributed by atoms with E-state index in [1.165, 1.54) is 16.2 Å². The zero-order valence-corrected chi connectivity index (χ0v) is 18.5. The number of nitrogens with zero attached hydrogens (tertiary/aromatic N) is 3. The molecule has 3 rings (SSSR count). The minimum Gasteiger partial charge on any atom is -0.503 e. The molecule has 8 heteroatoms. The maximum Gasteiger partial charge on any atom is 0.290 e. The van der Waals surface area contributed by atoms with E-state index in [-0.39, 0.29) is 11.4 Å². The molecule has 1 amide bonds. The first-order valence-electron chi connectivity index (χ1n) is 9.34. The topological polar surface area (TPSA) is 73.7 Å². The molecule has 0 saturated carbocycles. The van der Waals surface area contributed by atoms with E-state index in [1.54, 1.807) is 25.1 Å². The van der Waals surface area contributed by atoms with Gasteiger partial charge in [0.25, 0.3) is 5.91 Å². The third-order valence-corrected chi connectivity index (χ3v) is 6.28. The second-order valence-corrected chi connectivity index (χ2v) is 8.93. The van der Waals surface area contributed by atoms with Crippen LogP contribution in [0.25, 0.3) is 0 Å². The number of carbonyl (C=O) groups is 2. The van der Waals surface area contributed by atoms with Crippen LogP contribution >= 0.6 is 22.9 Å². The molecule has 0 fully saturated rings. The van der Waals surface area contributed by atoms with Crippen LogP contribution in [0.3, 0.4) is 0 Å². The van der Waals surface area contributed by atoms with Gasteiger partial charge in [-0.2, -0.15) is 0 Å². The van der Waals surface area contributed by atoms with Crippen molar-refractivity contribution in [3.8, 4) is 0 Å². The van der Waals surface area contributed by atoms with Crippen LogP contribution in [0.1, 0.15) is 38.4 Å². The summed E-state index contributed by atoms with van der Waals surface area (Å²) in [6.45, 7) is 4.75. The molecule has 1 unspecified atom stereocenters. The van der Waals surface area contributed by atoms with Gasteiger partial charge >= 0.3 is 0 Å². The van der Waals surface area contributed by atoms with Gasteiger partial charge in [-0.25, -0.2) is 4.98 Å². The maximum absolute atomic E-state index is 13.4. The highest BCUT2D eigenvalue weighted by Gasteiger charge is 2.44. The molecule has 0 radical (unpaired) electrons. The predicted octanol–water partition coefficient (Wildman–Crippen LogP) is 3.94. The Balaban J connectivity index is 2.06. The molecule has 0 aliphatic carbocycles. The van der Waals surface area contributed by atoms with Crippen molar-refractivity contribution in [2.24, 2.45) is 0 Å². The number of thiazole rings is 1. The molecule has 0 spiro atoms. The number of Topliss-reactive ketones (excluding diaryl/α,β-unsaturated/α-hetero) is 1. The van der Waals surface area contributed by atoms with Gasteiger partial charge in [0.05, 0.1) is 27.2 Å². The van der Waals surface area contributed by atoms with Gasteiger partial charge in [0.2, 0.25) is 5.78 Å². The summed E-state index contributed by atoms with van der Waals surface area (Å²) < 4.78 is 0. The maximum atomic E-state index is 13.4. The second kappa shape index (κ2) is 8.65. The van der Waals surface area contributed by atoms with Crippen LogP contribution < -0.4 is 0 Å². The molecule has 1 aliphatic rings. The van der Waals surface area contributed by atoms with Crippen LogP contribution in [0.5, 0.6) is 0 Å². The number of carbonyl (C=O) groups excluding carboxylic acids is 2. The van der Waals surface area contributed by atoms with E-state index in [9.17, 15) is 14.7 Å². The molecule has 2 aromatic rings. The second-order valence-electron chi connectivity index (χ2n) is 7.32. The molecule has 1 aromatic carbocycles. The van der Waals surface area contributed by atoms with E-state index in [2.05, 4.69) is 4.98 Å². The molecule has 1 aromatic heterocycles. The lowest BCUT2D eigenvalue weighted by atomic mass is 9.95. The summed E-state index contributed by atoms with van der Waals surface area (Å²) in [7, 11) is 3.91. The highest BCUT2D eigenvalue weighted by Crippen LogP contribution is 2.42. The number of hydrogen-bond donors (Lipinski definition) is 1. The van der Waals surface area contributed by atoms with Gasteiger partial charge in [-0.05, 0) is 52.5 Å². The van der Waals surface area contributed by atoms with E-state index in [0.29, 0.717) is 34.1 Å². The smallest absolute Gasteiger partial charge is 0.290 e. The number of benzene rings is 1. The van der Waals surface area contributed by atoms with E-state index < -0.39 is 17.7 Å².